The molecule has 2 aromatic rings. The highest BCUT2D eigenvalue weighted by Crippen LogP contribution is 2.33. The van der Waals surface area contributed by atoms with Gasteiger partial charge in [-0.1, -0.05) is 17.4 Å². The standard InChI is InChI=1S/C12H14N2OS/c1-8-2-3-10-11(4-8)16-12(13-10)14-5-9(6-14)7-15/h2-4,9,15H,5-7H2,1H3. The Kier molecular flexibility index (Phi) is 2.33. The van der Waals surface area contributed by atoms with Gasteiger partial charge in [-0.25, -0.2) is 4.98 Å². The zero-order valence-corrected chi connectivity index (χ0v) is 10.00. The minimum absolute atomic E-state index is 0.292. The van der Waals surface area contributed by atoms with Gasteiger partial charge in [-0.2, -0.15) is 0 Å². The van der Waals surface area contributed by atoms with Crippen molar-refractivity contribution in [1.82, 2.24) is 4.98 Å². The monoisotopic (exact) mass is 234 g/mol. The van der Waals surface area contributed by atoms with Crippen LogP contribution in [0.3, 0.4) is 0 Å². The van der Waals surface area contributed by atoms with Crippen molar-refractivity contribution in [1.29, 1.82) is 0 Å². The topological polar surface area (TPSA) is 36.4 Å². The molecule has 0 spiro atoms. The molecule has 0 atom stereocenters. The minimum Gasteiger partial charge on any atom is -0.396 e. The van der Waals surface area contributed by atoms with E-state index in [-0.39, 0.29) is 0 Å². The van der Waals surface area contributed by atoms with Crippen LogP contribution >= 0.6 is 11.3 Å². The predicted octanol–water partition coefficient (Wildman–Crippen LogP) is 2.03. The van der Waals surface area contributed by atoms with Crippen LogP contribution in [0.25, 0.3) is 10.2 Å². The van der Waals surface area contributed by atoms with Crippen LogP contribution < -0.4 is 4.90 Å². The second kappa shape index (κ2) is 3.71. The molecule has 0 unspecified atom stereocenters. The number of aliphatic hydroxyl groups is 1. The van der Waals surface area contributed by atoms with Gasteiger partial charge in [-0.05, 0) is 24.6 Å². The Labute approximate surface area is 98.3 Å². The summed E-state index contributed by atoms with van der Waals surface area (Å²) in [7, 11) is 0. The van der Waals surface area contributed by atoms with Crippen molar-refractivity contribution < 1.29 is 5.11 Å². The molecule has 1 N–H and O–H groups in total. The van der Waals surface area contributed by atoms with Crippen molar-refractivity contribution in [2.75, 3.05) is 24.6 Å². The van der Waals surface area contributed by atoms with Crippen LogP contribution in [0.2, 0.25) is 0 Å². The Morgan fingerprint density at radius 3 is 3.06 bits per heavy atom. The van der Waals surface area contributed by atoms with E-state index in [9.17, 15) is 0 Å². The van der Waals surface area contributed by atoms with Crippen molar-refractivity contribution in [2.45, 2.75) is 6.92 Å². The highest BCUT2D eigenvalue weighted by molar-refractivity contribution is 7.22. The van der Waals surface area contributed by atoms with E-state index >= 15 is 0 Å². The van der Waals surface area contributed by atoms with Crippen LogP contribution in [-0.2, 0) is 0 Å². The lowest BCUT2D eigenvalue weighted by molar-refractivity contribution is 0.201. The number of rotatable bonds is 2. The molecule has 1 saturated heterocycles. The van der Waals surface area contributed by atoms with Crippen molar-refractivity contribution >= 4 is 26.7 Å². The van der Waals surface area contributed by atoms with Crippen LogP contribution in [-0.4, -0.2) is 29.8 Å². The largest absolute Gasteiger partial charge is 0.396 e. The normalized spacial score (nSPS) is 16.8. The Bertz CT molecular complexity index is 517. The molecular formula is C12H14N2OS. The average Bonchev–Trinajstić information content (AvgIpc) is 2.58. The SMILES string of the molecule is Cc1ccc2nc(N3CC(CO)C3)sc2c1. The third-order valence-corrected chi connectivity index (χ3v) is 4.10. The van der Waals surface area contributed by atoms with E-state index in [4.69, 9.17) is 5.11 Å². The van der Waals surface area contributed by atoms with E-state index in [2.05, 4.69) is 35.0 Å². The number of thiazole rings is 1. The summed E-state index contributed by atoms with van der Waals surface area (Å²) in [5.41, 5.74) is 2.36. The molecule has 84 valence electrons. The van der Waals surface area contributed by atoms with Gasteiger partial charge in [-0.3, -0.25) is 0 Å². The van der Waals surface area contributed by atoms with E-state index in [1.807, 2.05) is 0 Å². The number of anilines is 1. The first-order valence-corrected chi connectivity index (χ1v) is 6.31. The van der Waals surface area contributed by atoms with Gasteiger partial charge in [0, 0.05) is 25.6 Å². The molecule has 3 nitrogen and oxygen atoms in total. The predicted molar refractivity (Wildman–Crippen MR) is 67.1 cm³/mol. The number of hydrogen-bond acceptors (Lipinski definition) is 4. The number of benzene rings is 1. The molecule has 4 heteroatoms. The Balaban J connectivity index is 1.89. The zero-order chi connectivity index (χ0) is 11.1. The average molecular weight is 234 g/mol. The van der Waals surface area contributed by atoms with E-state index < -0.39 is 0 Å². The first-order chi connectivity index (χ1) is 7.76. The molecule has 0 amide bonds. The second-order valence-electron chi connectivity index (χ2n) is 4.42. The fourth-order valence-corrected chi connectivity index (χ4v) is 3.08. The van der Waals surface area contributed by atoms with E-state index in [0.717, 1.165) is 23.7 Å². The molecule has 0 aliphatic carbocycles. The van der Waals surface area contributed by atoms with Gasteiger partial charge in [0.25, 0.3) is 0 Å². The van der Waals surface area contributed by atoms with Gasteiger partial charge in [0.05, 0.1) is 10.2 Å². The second-order valence-corrected chi connectivity index (χ2v) is 5.43. The molecule has 1 fully saturated rings. The number of fused-ring (bicyclic) bond motifs is 1. The Morgan fingerprint density at radius 2 is 2.31 bits per heavy atom. The fourth-order valence-electron chi connectivity index (χ4n) is 2.00. The van der Waals surface area contributed by atoms with Crippen molar-refractivity contribution in [3.8, 4) is 0 Å². The lowest BCUT2D eigenvalue weighted by Gasteiger charge is -2.37. The van der Waals surface area contributed by atoms with Gasteiger partial charge in [0.1, 0.15) is 0 Å². The molecule has 2 heterocycles. The molecule has 0 bridgehead atoms. The molecule has 1 aliphatic heterocycles. The molecule has 1 aromatic heterocycles. The van der Waals surface area contributed by atoms with Crippen LogP contribution in [0.15, 0.2) is 18.2 Å². The maximum atomic E-state index is 8.98. The summed E-state index contributed by atoms with van der Waals surface area (Å²) in [5.74, 6) is 0.439. The van der Waals surface area contributed by atoms with E-state index in [0.29, 0.717) is 12.5 Å². The fraction of sp³-hybridized carbons (Fsp3) is 0.417. The number of aromatic nitrogens is 1. The zero-order valence-electron chi connectivity index (χ0n) is 9.18. The first kappa shape index (κ1) is 10.1. The van der Waals surface area contributed by atoms with Crippen LogP contribution in [0, 0.1) is 12.8 Å². The lowest BCUT2D eigenvalue weighted by atomic mass is 10.0. The summed E-state index contributed by atoms with van der Waals surface area (Å²) in [6, 6.07) is 6.35. The van der Waals surface area contributed by atoms with Gasteiger partial charge in [0.2, 0.25) is 0 Å². The first-order valence-electron chi connectivity index (χ1n) is 5.49. The summed E-state index contributed by atoms with van der Waals surface area (Å²) < 4.78 is 1.25. The molecule has 0 saturated carbocycles. The van der Waals surface area contributed by atoms with Crippen LogP contribution in [0.4, 0.5) is 5.13 Å². The Hall–Kier alpha value is -1.13. The van der Waals surface area contributed by atoms with E-state index in [1.165, 1.54) is 10.3 Å². The maximum absolute atomic E-state index is 8.98. The lowest BCUT2D eigenvalue weighted by Crippen LogP contribution is -2.48. The highest BCUT2D eigenvalue weighted by atomic mass is 32.1. The number of nitrogens with zero attached hydrogens (tertiary/aromatic N) is 2. The molecule has 1 aromatic carbocycles. The highest BCUT2D eigenvalue weighted by Gasteiger charge is 2.28. The third-order valence-electron chi connectivity index (χ3n) is 3.02. The van der Waals surface area contributed by atoms with E-state index in [1.54, 1.807) is 11.3 Å². The quantitative estimate of drug-likeness (QED) is 0.863. The number of hydrogen-bond donors (Lipinski definition) is 1. The van der Waals surface area contributed by atoms with Crippen molar-refractivity contribution in [3.63, 3.8) is 0 Å². The van der Waals surface area contributed by atoms with Gasteiger partial charge < -0.3 is 10.0 Å². The molecular weight excluding hydrogens is 220 g/mol. The maximum Gasteiger partial charge on any atom is 0.186 e. The molecule has 1 aliphatic rings. The summed E-state index contributed by atoms with van der Waals surface area (Å²) in [4.78, 5) is 6.84. The van der Waals surface area contributed by atoms with Crippen LogP contribution in [0.1, 0.15) is 5.56 Å². The number of aryl methyl sites for hydroxylation is 1. The van der Waals surface area contributed by atoms with Gasteiger partial charge in [-0.15, -0.1) is 0 Å². The van der Waals surface area contributed by atoms with Gasteiger partial charge >= 0.3 is 0 Å². The molecule has 16 heavy (non-hydrogen) atoms. The van der Waals surface area contributed by atoms with Crippen molar-refractivity contribution in [3.05, 3.63) is 23.8 Å². The number of aliphatic hydroxyl groups excluding tert-OH is 1. The minimum atomic E-state index is 0.292. The Morgan fingerprint density at radius 1 is 1.50 bits per heavy atom. The molecule has 3 rings (SSSR count). The summed E-state index contributed by atoms with van der Waals surface area (Å²) >= 11 is 1.74. The summed E-state index contributed by atoms with van der Waals surface area (Å²) in [5, 5.41) is 10.1. The summed E-state index contributed by atoms with van der Waals surface area (Å²) in [6.45, 7) is 4.27. The third kappa shape index (κ3) is 1.58. The molecule has 0 radical (unpaired) electrons. The summed E-state index contributed by atoms with van der Waals surface area (Å²) in [6.07, 6.45) is 0. The van der Waals surface area contributed by atoms with Gasteiger partial charge in [0.15, 0.2) is 5.13 Å². The smallest absolute Gasteiger partial charge is 0.186 e. The van der Waals surface area contributed by atoms with Crippen LogP contribution in [0.5, 0.6) is 0 Å². The van der Waals surface area contributed by atoms with Crippen molar-refractivity contribution in [2.24, 2.45) is 5.92 Å².